The van der Waals surface area contributed by atoms with Crippen LogP contribution in [-0.2, 0) is 26.8 Å². The van der Waals surface area contributed by atoms with Crippen LogP contribution in [-0.4, -0.2) is 67.3 Å². The quantitative estimate of drug-likeness (QED) is 0.701. The smallest absolute Gasteiger partial charge is 0.319 e. The molecule has 3 aliphatic rings. The number of halogens is 1. The van der Waals surface area contributed by atoms with E-state index in [4.69, 9.17) is 0 Å². The third kappa shape index (κ3) is 3.21. The van der Waals surface area contributed by atoms with Crippen LogP contribution in [0, 0.1) is 5.82 Å². The summed E-state index contributed by atoms with van der Waals surface area (Å²) in [5, 5.41) is 2.90. The fourth-order valence-electron chi connectivity index (χ4n) is 4.82. The molecule has 0 saturated carbocycles. The van der Waals surface area contributed by atoms with Crippen molar-refractivity contribution in [2.75, 3.05) is 32.8 Å². The van der Waals surface area contributed by atoms with Crippen molar-refractivity contribution in [3.63, 3.8) is 0 Å². The van der Waals surface area contributed by atoms with Crippen molar-refractivity contribution in [1.82, 2.24) is 19.4 Å². The van der Waals surface area contributed by atoms with Gasteiger partial charge >= 0.3 is 6.03 Å². The molecule has 1 N–H and O–H groups in total. The average Bonchev–Trinajstić information content (AvgIpc) is 3.27. The van der Waals surface area contributed by atoms with Crippen molar-refractivity contribution in [2.45, 2.75) is 23.3 Å². The van der Waals surface area contributed by atoms with Gasteiger partial charge in [0.2, 0.25) is 10.0 Å². The number of piperazine rings is 1. The van der Waals surface area contributed by atoms with Gasteiger partial charge in [-0.3, -0.25) is 9.69 Å². The summed E-state index contributed by atoms with van der Waals surface area (Å²) in [5.74, 6) is -1.05. The Morgan fingerprint density at radius 1 is 0.969 bits per heavy atom. The monoisotopic (exact) mass is 458 g/mol. The van der Waals surface area contributed by atoms with E-state index in [-0.39, 0.29) is 30.6 Å². The van der Waals surface area contributed by atoms with Gasteiger partial charge in [0.25, 0.3) is 5.91 Å². The van der Waals surface area contributed by atoms with Crippen LogP contribution in [0.3, 0.4) is 0 Å². The Labute approximate surface area is 185 Å². The Balaban J connectivity index is 1.27. The fourth-order valence-corrected chi connectivity index (χ4v) is 6.31. The fraction of sp³-hybridized carbons (Fsp3) is 0.364. The van der Waals surface area contributed by atoms with Gasteiger partial charge in [0.15, 0.2) is 0 Å². The van der Waals surface area contributed by atoms with Gasteiger partial charge < -0.3 is 5.32 Å². The van der Waals surface area contributed by atoms with Crippen LogP contribution in [0.15, 0.2) is 53.4 Å². The molecule has 1 aliphatic carbocycles. The predicted molar refractivity (Wildman–Crippen MR) is 113 cm³/mol. The topological polar surface area (TPSA) is 90.0 Å². The molecule has 3 amide bonds. The lowest BCUT2D eigenvalue weighted by Gasteiger charge is -2.35. The number of nitrogens with zero attached hydrogens (tertiary/aromatic N) is 3. The Morgan fingerprint density at radius 3 is 2.41 bits per heavy atom. The molecule has 2 saturated heterocycles. The molecule has 2 heterocycles. The Hall–Kier alpha value is -2.82. The van der Waals surface area contributed by atoms with Crippen LogP contribution >= 0.6 is 0 Å². The second kappa shape index (κ2) is 7.65. The molecule has 1 atom stereocenters. The molecule has 32 heavy (non-hydrogen) atoms. The number of rotatable bonds is 4. The number of carbonyl (C=O) groups is 2. The lowest BCUT2D eigenvalue weighted by atomic mass is 9.92. The molecule has 2 aliphatic heterocycles. The van der Waals surface area contributed by atoms with E-state index < -0.39 is 27.4 Å². The normalized spacial score (nSPS) is 24.2. The van der Waals surface area contributed by atoms with Crippen LogP contribution in [0.1, 0.15) is 17.5 Å². The van der Waals surface area contributed by atoms with E-state index in [0.717, 1.165) is 23.6 Å². The van der Waals surface area contributed by atoms with Crippen molar-refractivity contribution in [1.29, 1.82) is 0 Å². The van der Waals surface area contributed by atoms with E-state index in [9.17, 15) is 22.4 Å². The molecule has 0 radical (unpaired) electrons. The van der Waals surface area contributed by atoms with E-state index in [1.54, 1.807) is 0 Å². The second-order valence-corrected chi connectivity index (χ2v) is 10.2. The van der Waals surface area contributed by atoms with Gasteiger partial charge in [-0.05, 0) is 36.1 Å². The molecule has 10 heteroatoms. The molecule has 0 aromatic heterocycles. The number of nitrogens with one attached hydrogen (secondary N) is 1. The number of imide groups is 1. The van der Waals surface area contributed by atoms with Crippen LogP contribution in [0.4, 0.5) is 9.18 Å². The van der Waals surface area contributed by atoms with Gasteiger partial charge in [0.1, 0.15) is 16.3 Å². The second-order valence-electron chi connectivity index (χ2n) is 8.32. The number of hydrogen-bond donors (Lipinski definition) is 1. The number of aryl methyl sites for hydroxylation is 1. The summed E-state index contributed by atoms with van der Waals surface area (Å²) in [6, 6.07) is 12.5. The zero-order chi connectivity index (χ0) is 22.5. The summed E-state index contributed by atoms with van der Waals surface area (Å²) >= 11 is 0. The van der Waals surface area contributed by atoms with Crippen LogP contribution in [0.25, 0.3) is 0 Å². The zero-order valence-corrected chi connectivity index (χ0v) is 18.1. The molecule has 5 rings (SSSR count). The van der Waals surface area contributed by atoms with Crippen molar-refractivity contribution < 1.29 is 22.4 Å². The summed E-state index contributed by atoms with van der Waals surface area (Å²) in [4.78, 5) is 28.7. The SMILES string of the molecule is O=C1N[C@]2(CCc3ccccc32)C(=O)N1CN1CCN(S(=O)(=O)c2ccccc2F)CC1. The number of hydrogen-bond acceptors (Lipinski definition) is 5. The maximum Gasteiger partial charge on any atom is 0.326 e. The minimum atomic E-state index is -3.94. The molecule has 0 unspecified atom stereocenters. The summed E-state index contributed by atoms with van der Waals surface area (Å²) in [6.07, 6.45) is 1.25. The molecule has 2 aromatic rings. The number of benzene rings is 2. The van der Waals surface area contributed by atoms with Gasteiger partial charge in [0, 0.05) is 26.2 Å². The highest BCUT2D eigenvalue weighted by Gasteiger charge is 2.55. The largest absolute Gasteiger partial charge is 0.326 e. The molecule has 1 spiro atoms. The zero-order valence-electron chi connectivity index (χ0n) is 17.3. The standard InChI is InChI=1S/C22H23FN4O4S/c23-18-7-3-4-8-19(18)32(30,31)26-13-11-25(12-14-26)15-27-20(28)22(24-21(27)29)10-9-16-5-1-2-6-17(16)22/h1-8H,9-15H2,(H,24,29)/t22-/m0/s1. The van der Waals surface area contributed by atoms with Gasteiger partial charge in [0.05, 0.1) is 6.67 Å². The average molecular weight is 459 g/mol. The Bertz CT molecular complexity index is 1200. The van der Waals surface area contributed by atoms with Crippen molar-refractivity contribution in [3.05, 3.63) is 65.5 Å². The first kappa shape index (κ1) is 21.0. The highest BCUT2D eigenvalue weighted by atomic mass is 32.2. The van der Waals surface area contributed by atoms with Crippen molar-refractivity contribution >= 4 is 22.0 Å². The third-order valence-electron chi connectivity index (χ3n) is 6.55. The number of fused-ring (bicyclic) bond motifs is 2. The molecular formula is C22H23FN4O4S. The van der Waals surface area contributed by atoms with E-state index in [1.165, 1.54) is 27.4 Å². The van der Waals surface area contributed by atoms with E-state index in [0.29, 0.717) is 19.5 Å². The highest BCUT2D eigenvalue weighted by molar-refractivity contribution is 7.89. The van der Waals surface area contributed by atoms with Gasteiger partial charge in [-0.25, -0.2) is 22.5 Å². The first-order valence-electron chi connectivity index (χ1n) is 10.5. The number of urea groups is 1. The summed E-state index contributed by atoms with van der Waals surface area (Å²) < 4.78 is 40.8. The number of amides is 3. The number of sulfonamides is 1. The molecular weight excluding hydrogens is 435 g/mol. The van der Waals surface area contributed by atoms with E-state index in [2.05, 4.69) is 5.32 Å². The third-order valence-corrected chi connectivity index (χ3v) is 8.48. The van der Waals surface area contributed by atoms with E-state index in [1.807, 2.05) is 29.2 Å². The Morgan fingerprint density at radius 2 is 1.66 bits per heavy atom. The summed E-state index contributed by atoms with van der Waals surface area (Å²) in [5.41, 5.74) is 0.903. The lowest BCUT2D eigenvalue weighted by Crippen LogP contribution is -2.52. The van der Waals surface area contributed by atoms with Crippen LogP contribution in [0.2, 0.25) is 0 Å². The maximum absolute atomic E-state index is 14.0. The predicted octanol–water partition coefficient (Wildman–Crippen LogP) is 1.48. The van der Waals surface area contributed by atoms with Gasteiger partial charge in [-0.15, -0.1) is 0 Å². The molecule has 8 nitrogen and oxygen atoms in total. The first-order chi connectivity index (χ1) is 15.3. The van der Waals surface area contributed by atoms with Crippen molar-refractivity contribution in [2.24, 2.45) is 0 Å². The van der Waals surface area contributed by atoms with E-state index >= 15 is 0 Å². The maximum atomic E-state index is 14.0. The molecule has 2 aromatic carbocycles. The Kier molecular flexibility index (Phi) is 5.03. The molecule has 2 fully saturated rings. The van der Waals surface area contributed by atoms with Crippen molar-refractivity contribution in [3.8, 4) is 0 Å². The minimum Gasteiger partial charge on any atom is -0.319 e. The van der Waals surface area contributed by atoms with Gasteiger partial charge in [-0.1, -0.05) is 36.4 Å². The van der Waals surface area contributed by atoms with Crippen LogP contribution < -0.4 is 5.32 Å². The highest BCUT2D eigenvalue weighted by Crippen LogP contribution is 2.41. The number of carbonyl (C=O) groups excluding carboxylic acids is 2. The summed E-state index contributed by atoms with van der Waals surface area (Å²) in [6.45, 7) is 1.04. The first-order valence-corrected chi connectivity index (χ1v) is 12.0. The lowest BCUT2D eigenvalue weighted by molar-refractivity contribution is -0.133. The van der Waals surface area contributed by atoms with Gasteiger partial charge in [-0.2, -0.15) is 4.31 Å². The molecule has 168 valence electrons. The molecule has 0 bridgehead atoms. The minimum absolute atomic E-state index is 0.0855. The van der Waals surface area contributed by atoms with Crippen LogP contribution in [0.5, 0.6) is 0 Å². The summed E-state index contributed by atoms with van der Waals surface area (Å²) in [7, 11) is -3.94.